The number of phenols is 1. The van der Waals surface area contributed by atoms with Crippen molar-refractivity contribution in [3.8, 4) is 17.2 Å². The molecule has 0 radical (unpaired) electrons. The van der Waals surface area contributed by atoms with E-state index in [0.717, 1.165) is 0 Å². The fourth-order valence-corrected chi connectivity index (χ4v) is 3.51. The average Bonchev–Trinajstić information content (AvgIpc) is 3.06. The molecule has 2 heterocycles. The van der Waals surface area contributed by atoms with E-state index in [1.165, 1.54) is 30.4 Å². The fourth-order valence-electron chi connectivity index (χ4n) is 3.06. The highest BCUT2D eigenvalue weighted by atomic mass is 35.7. The zero-order valence-corrected chi connectivity index (χ0v) is 15.3. The van der Waals surface area contributed by atoms with Gasteiger partial charge in [0.05, 0.1) is 21.6 Å². The van der Waals surface area contributed by atoms with E-state index in [0.29, 0.717) is 28.4 Å². The molecule has 2 aliphatic heterocycles. The molecular weight excluding hydrogens is 392 g/mol. The van der Waals surface area contributed by atoms with Gasteiger partial charge in [0, 0.05) is 6.08 Å². The van der Waals surface area contributed by atoms with Crippen molar-refractivity contribution >= 4 is 12.2 Å². The quantitative estimate of drug-likeness (QED) is 0.767. The molecule has 4 rings (SSSR count). The molecule has 2 aromatic rings. The summed E-state index contributed by atoms with van der Waals surface area (Å²) in [5, 5.41) is 9.40. The first kappa shape index (κ1) is 18.6. The first-order valence-corrected chi connectivity index (χ1v) is 9.39. The number of ether oxygens (including phenoxy) is 3. The van der Waals surface area contributed by atoms with E-state index in [2.05, 4.69) is 0 Å². The van der Waals surface area contributed by atoms with Gasteiger partial charge in [0.15, 0.2) is 11.5 Å². The van der Waals surface area contributed by atoms with Gasteiger partial charge in [0.25, 0.3) is 0 Å². The zero-order chi connectivity index (χ0) is 19.9. The molecule has 1 unspecified atom stereocenters. The number of halogens is 1. The summed E-state index contributed by atoms with van der Waals surface area (Å²) in [6.07, 6.45) is 4.51. The number of aromatic hydroxyl groups is 1. The summed E-state index contributed by atoms with van der Waals surface area (Å²) < 4.78 is 55.7. The number of phenolic OH excluding ortho intramolecular Hbond substituents is 1. The summed E-state index contributed by atoms with van der Waals surface area (Å²) in [5.74, 6) is -0.755. The maximum atomic E-state index is 11.5. The van der Waals surface area contributed by atoms with E-state index in [9.17, 15) is 19.1 Å². The Morgan fingerprint density at radius 3 is 2.46 bits per heavy atom. The molecule has 2 aliphatic rings. The van der Waals surface area contributed by atoms with Gasteiger partial charge in [-0.2, -0.15) is 14.0 Å². The highest BCUT2D eigenvalue weighted by molar-refractivity contribution is 5.66. The molecule has 8 nitrogen and oxygen atoms in total. The minimum absolute atomic E-state index is 0.0249. The van der Waals surface area contributed by atoms with E-state index in [4.69, 9.17) is 18.5 Å². The Balaban J connectivity index is 1.84. The molecule has 0 amide bonds. The minimum Gasteiger partial charge on any atom is -0.508 e. The summed E-state index contributed by atoms with van der Waals surface area (Å²) in [5.41, 5.74) is 1.45. The van der Waals surface area contributed by atoms with E-state index in [-0.39, 0.29) is 18.1 Å². The van der Waals surface area contributed by atoms with Crippen LogP contribution < -0.4 is 23.5 Å². The van der Waals surface area contributed by atoms with Gasteiger partial charge in [-0.15, -0.1) is 0 Å². The molecule has 0 spiro atoms. The van der Waals surface area contributed by atoms with Crippen LogP contribution in [0, 0.1) is 10.2 Å². The lowest BCUT2D eigenvalue weighted by Crippen LogP contribution is -2.64. The van der Waals surface area contributed by atoms with Crippen LogP contribution in [0.3, 0.4) is 0 Å². The van der Waals surface area contributed by atoms with Gasteiger partial charge in [-0.3, -0.25) is 0 Å². The smallest absolute Gasteiger partial charge is 0.408 e. The van der Waals surface area contributed by atoms with Crippen LogP contribution in [0.15, 0.2) is 48.2 Å². The predicted octanol–water partition coefficient (Wildman–Crippen LogP) is 0.292. The number of fused-ring (bicyclic) bond motifs is 2. The highest BCUT2D eigenvalue weighted by Crippen LogP contribution is 2.46. The molecular formula is C19H15ClO8. The average molecular weight is 407 g/mol. The number of hydrogen-bond donors (Lipinski definition) is 1. The maximum Gasteiger partial charge on any atom is 0.408 e. The topological polar surface area (TPSA) is 126 Å². The van der Waals surface area contributed by atoms with Crippen molar-refractivity contribution in [2.45, 2.75) is 12.7 Å². The molecule has 0 saturated heterocycles. The summed E-state index contributed by atoms with van der Waals surface area (Å²) >= 11 is 0. The normalized spacial score (nSPS) is 20.6. The SMILES string of the molecule is CC1=Cc2cc3c(cc2C(C=Cc2ccc(O)cc2)(O[Cl+3]([O-])([O-])[O-])O1)OCO3. The summed E-state index contributed by atoms with van der Waals surface area (Å²) in [6.45, 7) is 1.63. The molecule has 2 aromatic carbocycles. The van der Waals surface area contributed by atoms with Crippen molar-refractivity contribution in [2.24, 2.45) is 0 Å². The number of hydrogen-bond acceptors (Lipinski definition) is 8. The standard InChI is InChI=1S/C19H15ClO8/c1-12-8-14-9-17-18(26-11-25-17)10-16(14)19(27-12,28-20(22,23)24)7-6-13-2-4-15(21)5-3-13/h2-10,21H,11H2,1H3. The molecule has 0 aromatic heterocycles. The lowest BCUT2D eigenvalue weighted by atomic mass is 9.94. The van der Waals surface area contributed by atoms with Crippen molar-refractivity contribution in [3.05, 3.63) is 64.9 Å². The van der Waals surface area contributed by atoms with Gasteiger partial charge in [0.2, 0.25) is 6.79 Å². The van der Waals surface area contributed by atoms with Gasteiger partial charge in [0.1, 0.15) is 10.0 Å². The van der Waals surface area contributed by atoms with Crippen LogP contribution in [0.4, 0.5) is 0 Å². The lowest BCUT2D eigenvalue weighted by Gasteiger charge is -2.32. The Morgan fingerprint density at radius 2 is 1.79 bits per heavy atom. The van der Waals surface area contributed by atoms with Gasteiger partial charge in [-0.05, 0) is 48.4 Å². The maximum absolute atomic E-state index is 11.5. The van der Waals surface area contributed by atoms with E-state index in [1.807, 2.05) is 0 Å². The van der Waals surface area contributed by atoms with Gasteiger partial charge in [-0.25, -0.2) is 0 Å². The lowest BCUT2D eigenvalue weighted by molar-refractivity contribution is -1.92. The van der Waals surface area contributed by atoms with Crippen LogP contribution >= 0.6 is 0 Å². The summed E-state index contributed by atoms with van der Waals surface area (Å²) in [6, 6.07) is 9.32. The molecule has 9 heteroatoms. The Labute approximate surface area is 162 Å². The highest BCUT2D eigenvalue weighted by Gasteiger charge is 2.52. The van der Waals surface area contributed by atoms with E-state index in [1.54, 1.807) is 31.2 Å². The van der Waals surface area contributed by atoms with Gasteiger partial charge >= 0.3 is 5.79 Å². The zero-order valence-electron chi connectivity index (χ0n) is 14.6. The molecule has 0 aliphatic carbocycles. The molecule has 28 heavy (non-hydrogen) atoms. The van der Waals surface area contributed by atoms with Crippen molar-refractivity contribution < 1.29 is 47.8 Å². The minimum atomic E-state index is -4.83. The van der Waals surface area contributed by atoms with Gasteiger partial charge in [-0.1, -0.05) is 18.2 Å². The second-order valence-corrected chi connectivity index (χ2v) is 7.11. The molecule has 1 N–H and O–H groups in total. The third-order valence-corrected chi connectivity index (χ3v) is 4.61. The summed E-state index contributed by atoms with van der Waals surface area (Å²) in [4.78, 5) is 0. The number of rotatable bonds is 4. The van der Waals surface area contributed by atoms with Crippen molar-refractivity contribution in [3.63, 3.8) is 0 Å². The van der Waals surface area contributed by atoms with Crippen molar-refractivity contribution in [1.29, 1.82) is 0 Å². The monoisotopic (exact) mass is 406 g/mol. The second kappa shape index (κ2) is 6.69. The molecule has 1 atom stereocenters. The Morgan fingerprint density at radius 1 is 1.11 bits per heavy atom. The second-order valence-electron chi connectivity index (χ2n) is 6.20. The van der Waals surface area contributed by atoms with Gasteiger partial charge < -0.3 is 19.3 Å². The number of allylic oxidation sites excluding steroid dienone is 1. The largest absolute Gasteiger partial charge is 0.508 e. The van der Waals surface area contributed by atoms with Crippen LogP contribution in [0.25, 0.3) is 12.2 Å². The first-order valence-electron chi connectivity index (χ1n) is 8.15. The van der Waals surface area contributed by atoms with Crippen LogP contribution in [0.5, 0.6) is 17.2 Å². The third kappa shape index (κ3) is 3.64. The molecule has 0 fully saturated rings. The third-order valence-electron chi connectivity index (χ3n) is 4.19. The van der Waals surface area contributed by atoms with Crippen LogP contribution in [0.2, 0.25) is 0 Å². The van der Waals surface area contributed by atoms with Crippen molar-refractivity contribution in [1.82, 2.24) is 0 Å². The number of benzene rings is 2. The van der Waals surface area contributed by atoms with Crippen LogP contribution in [-0.4, -0.2) is 11.9 Å². The first-order chi connectivity index (χ1) is 13.2. The Kier molecular flexibility index (Phi) is 4.45. The van der Waals surface area contributed by atoms with E-state index < -0.39 is 16.0 Å². The molecule has 0 saturated carbocycles. The van der Waals surface area contributed by atoms with Crippen LogP contribution in [0.1, 0.15) is 23.6 Å². The summed E-state index contributed by atoms with van der Waals surface area (Å²) in [7, 11) is -4.83. The Bertz CT molecular complexity index is 961. The molecule has 146 valence electrons. The fraction of sp³-hybridized carbons (Fsp3) is 0.158. The van der Waals surface area contributed by atoms with Crippen molar-refractivity contribution in [2.75, 3.05) is 6.79 Å². The predicted molar refractivity (Wildman–Crippen MR) is 87.2 cm³/mol. The Hall–Kier alpha value is -2.75. The van der Waals surface area contributed by atoms with Crippen LogP contribution in [-0.2, 0) is 14.8 Å². The van der Waals surface area contributed by atoms with E-state index >= 15 is 0 Å². The molecule has 0 bridgehead atoms.